The standard InChI is InChI=1S/C27H34F2O3/c1-2-3-4-5-18-31-24-15-11-22(12-16-24)27(30)32-26-17-10-21(19-25(26)29)7-6-20-8-13-23(28)14-9-20/h8-10,13-14,17,19,22,24H,2-7,11-12,15-16,18H2,1H3/t22-,24-. The maximum atomic E-state index is 14.5. The van der Waals surface area contributed by atoms with Gasteiger partial charge in [-0.15, -0.1) is 0 Å². The van der Waals surface area contributed by atoms with E-state index in [-0.39, 0.29) is 29.6 Å². The fourth-order valence-electron chi connectivity index (χ4n) is 4.16. The number of carbonyl (C=O) groups excluding carboxylic acids is 1. The predicted octanol–water partition coefficient (Wildman–Crippen LogP) is 6.81. The van der Waals surface area contributed by atoms with Crippen LogP contribution < -0.4 is 4.74 Å². The zero-order chi connectivity index (χ0) is 22.8. The van der Waals surface area contributed by atoms with Crippen molar-refractivity contribution in [2.75, 3.05) is 6.61 Å². The average molecular weight is 445 g/mol. The van der Waals surface area contributed by atoms with E-state index in [4.69, 9.17) is 9.47 Å². The Morgan fingerprint density at radius 2 is 1.59 bits per heavy atom. The molecular formula is C27H34F2O3. The van der Waals surface area contributed by atoms with Crippen molar-refractivity contribution < 1.29 is 23.0 Å². The first-order chi connectivity index (χ1) is 15.5. The van der Waals surface area contributed by atoms with E-state index in [1.807, 2.05) is 0 Å². The third-order valence-electron chi connectivity index (χ3n) is 6.18. The molecule has 0 atom stereocenters. The summed E-state index contributed by atoms with van der Waals surface area (Å²) in [6.45, 7) is 2.98. The van der Waals surface area contributed by atoms with E-state index in [0.29, 0.717) is 12.8 Å². The number of hydrogen-bond acceptors (Lipinski definition) is 3. The molecule has 0 radical (unpaired) electrons. The van der Waals surface area contributed by atoms with Gasteiger partial charge in [0.05, 0.1) is 12.0 Å². The highest BCUT2D eigenvalue weighted by Gasteiger charge is 2.28. The summed E-state index contributed by atoms with van der Waals surface area (Å²) < 4.78 is 38.8. The molecule has 0 bridgehead atoms. The number of unbranched alkanes of at least 4 members (excludes halogenated alkanes) is 3. The molecule has 2 aromatic carbocycles. The van der Waals surface area contributed by atoms with Crippen molar-refractivity contribution in [3.05, 3.63) is 65.2 Å². The van der Waals surface area contributed by atoms with Crippen molar-refractivity contribution in [3.63, 3.8) is 0 Å². The third-order valence-corrected chi connectivity index (χ3v) is 6.18. The van der Waals surface area contributed by atoms with Crippen LogP contribution in [0.2, 0.25) is 0 Å². The van der Waals surface area contributed by atoms with Crippen molar-refractivity contribution in [2.24, 2.45) is 5.92 Å². The molecule has 174 valence electrons. The second-order valence-electron chi connectivity index (χ2n) is 8.72. The molecule has 0 saturated heterocycles. The van der Waals surface area contributed by atoms with Crippen molar-refractivity contribution >= 4 is 5.97 Å². The Bertz CT molecular complexity index is 842. The van der Waals surface area contributed by atoms with Gasteiger partial charge in [0, 0.05) is 6.61 Å². The van der Waals surface area contributed by atoms with Crippen LogP contribution in [0, 0.1) is 17.6 Å². The molecule has 0 unspecified atom stereocenters. The first kappa shape index (κ1) is 24.4. The van der Waals surface area contributed by atoms with Gasteiger partial charge in [0.15, 0.2) is 11.6 Å². The Hall–Kier alpha value is -2.27. The molecule has 0 aliphatic heterocycles. The first-order valence-electron chi connectivity index (χ1n) is 11.9. The maximum Gasteiger partial charge on any atom is 0.314 e. The van der Waals surface area contributed by atoms with Crippen LogP contribution in [0.15, 0.2) is 42.5 Å². The normalized spacial score (nSPS) is 18.5. The molecule has 2 aromatic rings. The number of benzene rings is 2. The minimum atomic E-state index is -0.529. The van der Waals surface area contributed by atoms with Crippen molar-refractivity contribution in [2.45, 2.75) is 77.2 Å². The molecular weight excluding hydrogens is 410 g/mol. The van der Waals surface area contributed by atoms with Gasteiger partial charge in [-0.3, -0.25) is 4.79 Å². The number of carbonyl (C=O) groups is 1. The number of aryl methyl sites for hydroxylation is 2. The lowest BCUT2D eigenvalue weighted by Crippen LogP contribution is -2.29. The van der Waals surface area contributed by atoms with Crippen molar-refractivity contribution in [1.82, 2.24) is 0 Å². The topological polar surface area (TPSA) is 35.5 Å². The molecule has 32 heavy (non-hydrogen) atoms. The minimum absolute atomic E-state index is 0.0187. The monoisotopic (exact) mass is 444 g/mol. The van der Waals surface area contributed by atoms with Crippen LogP contribution in [0.5, 0.6) is 5.75 Å². The van der Waals surface area contributed by atoms with Gasteiger partial charge < -0.3 is 9.47 Å². The number of halogens is 2. The van der Waals surface area contributed by atoms with Crippen LogP contribution in [0.25, 0.3) is 0 Å². The lowest BCUT2D eigenvalue weighted by Gasteiger charge is -2.27. The van der Waals surface area contributed by atoms with Gasteiger partial charge in [0.2, 0.25) is 0 Å². The first-order valence-corrected chi connectivity index (χ1v) is 11.9. The summed E-state index contributed by atoms with van der Waals surface area (Å²) in [6, 6.07) is 11.0. The fourth-order valence-corrected chi connectivity index (χ4v) is 4.16. The second kappa shape index (κ2) is 12.7. The molecule has 5 heteroatoms. The molecule has 0 spiro atoms. The minimum Gasteiger partial charge on any atom is -0.423 e. The van der Waals surface area contributed by atoms with Crippen LogP contribution in [0.3, 0.4) is 0 Å². The largest absolute Gasteiger partial charge is 0.423 e. The van der Waals surface area contributed by atoms with Crippen LogP contribution in [0.4, 0.5) is 8.78 Å². The summed E-state index contributed by atoms with van der Waals surface area (Å²) in [5, 5.41) is 0. The maximum absolute atomic E-state index is 14.5. The van der Waals surface area contributed by atoms with Gasteiger partial charge in [-0.1, -0.05) is 44.4 Å². The fraction of sp³-hybridized carbons (Fsp3) is 0.519. The zero-order valence-electron chi connectivity index (χ0n) is 19.0. The van der Waals surface area contributed by atoms with E-state index < -0.39 is 5.82 Å². The van der Waals surface area contributed by atoms with Crippen molar-refractivity contribution in [3.8, 4) is 5.75 Å². The van der Waals surface area contributed by atoms with Crippen LogP contribution in [0.1, 0.15) is 69.4 Å². The SMILES string of the molecule is CCCCCCO[C@H]1CC[C@H](C(=O)Oc2ccc(CCc3ccc(F)cc3)cc2F)CC1. The van der Waals surface area contributed by atoms with E-state index >= 15 is 0 Å². The molecule has 0 aromatic heterocycles. The summed E-state index contributed by atoms with van der Waals surface area (Å²) in [4.78, 5) is 12.5. The van der Waals surface area contributed by atoms with E-state index in [9.17, 15) is 13.6 Å². The average Bonchev–Trinajstić information content (AvgIpc) is 2.80. The van der Waals surface area contributed by atoms with Gasteiger partial charge in [-0.25, -0.2) is 8.78 Å². The predicted molar refractivity (Wildman–Crippen MR) is 122 cm³/mol. The van der Waals surface area contributed by atoms with Gasteiger partial charge in [0.25, 0.3) is 0 Å². The Morgan fingerprint density at radius 1 is 0.906 bits per heavy atom. The lowest BCUT2D eigenvalue weighted by atomic mass is 9.87. The summed E-state index contributed by atoms with van der Waals surface area (Å²) >= 11 is 0. The Morgan fingerprint density at radius 3 is 2.28 bits per heavy atom. The molecule has 0 N–H and O–H groups in total. The Kier molecular flexibility index (Phi) is 9.66. The van der Waals surface area contributed by atoms with Gasteiger partial charge in [0.1, 0.15) is 5.82 Å². The Labute approximate surface area is 190 Å². The number of esters is 1. The molecule has 3 rings (SSSR count). The highest BCUT2D eigenvalue weighted by molar-refractivity contribution is 5.75. The van der Waals surface area contributed by atoms with E-state index in [2.05, 4.69) is 6.92 Å². The lowest BCUT2D eigenvalue weighted by molar-refractivity contribution is -0.141. The van der Waals surface area contributed by atoms with Crippen LogP contribution in [-0.2, 0) is 22.4 Å². The van der Waals surface area contributed by atoms with Crippen LogP contribution in [-0.4, -0.2) is 18.7 Å². The summed E-state index contributed by atoms with van der Waals surface area (Å²) in [5.41, 5.74) is 1.80. The third kappa shape index (κ3) is 7.70. The van der Waals surface area contributed by atoms with Gasteiger partial charge in [-0.05, 0) is 80.3 Å². The molecule has 0 amide bonds. The van der Waals surface area contributed by atoms with Crippen LogP contribution >= 0.6 is 0 Å². The molecule has 3 nitrogen and oxygen atoms in total. The summed E-state index contributed by atoms with van der Waals surface area (Å²) in [5.74, 6) is -1.37. The van der Waals surface area contributed by atoms with Gasteiger partial charge >= 0.3 is 5.97 Å². The number of hydrogen-bond donors (Lipinski definition) is 0. The molecule has 0 heterocycles. The number of rotatable bonds is 11. The summed E-state index contributed by atoms with van der Waals surface area (Å²) in [7, 11) is 0. The van der Waals surface area contributed by atoms with E-state index in [1.165, 1.54) is 43.5 Å². The summed E-state index contributed by atoms with van der Waals surface area (Å²) in [6.07, 6.45) is 9.41. The Balaban J connectivity index is 1.41. The highest BCUT2D eigenvalue weighted by atomic mass is 19.1. The van der Waals surface area contributed by atoms with E-state index in [0.717, 1.165) is 49.8 Å². The second-order valence-corrected chi connectivity index (χ2v) is 8.72. The molecule has 1 aliphatic carbocycles. The molecule has 1 aliphatic rings. The zero-order valence-corrected chi connectivity index (χ0v) is 19.0. The highest BCUT2D eigenvalue weighted by Crippen LogP contribution is 2.29. The quantitative estimate of drug-likeness (QED) is 0.217. The molecule has 1 saturated carbocycles. The van der Waals surface area contributed by atoms with E-state index in [1.54, 1.807) is 18.2 Å². The smallest absolute Gasteiger partial charge is 0.314 e. The molecule has 1 fully saturated rings. The number of ether oxygens (including phenoxy) is 2. The van der Waals surface area contributed by atoms with Crippen molar-refractivity contribution in [1.29, 1.82) is 0 Å². The van der Waals surface area contributed by atoms with Gasteiger partial charge in [-0.2, -0.15) is 0 Å².